The van der Waals surface area contributed by atoms with Gasteiger partial charge in [0.25, 0.3) is 0 Å². The Hall–Kier alpha value is -1.04. The number of benzene rings is 1. The summed E-state index contributed by atoms with van der Waals surface area (Å²) in [4.78, 5) is 2.22. The molecule has 0 unspecified atom stereocenters. The molecule has 0 saturated heterocycles. The van der Waals surface area contributed by atoms with Crippen LogP contribution in [0, 0.1) is 18.3 Å². The van der Waals surface area contributed by atoms with Gasteiger partial charge in [0, 0.05) is 24.5 Å². The highest BCUT2D eigenvalue weighted by Gasteiger charge is 2.06. The Labute approximate surface area is 102 Å². The number of hydrogen-bond acceptors (Lipinski definition) is 2. The van der Waals surface area contributed by atoms with E-state index in [0.29, 0.717) is 6.42 Å². The summed E-state index contributed by atoms with van der Waals surface area (Å²) >= 11 is 6.17. The van der Waals surface area contributed by atoms with Crippen LogP contribution in [0.2, 0.25) is 5.02 Å². The number of nitrogens with zero attached hydrogens (tertiary/aromatic N) is 2. The van der Waals surface area contributed by atoms with Gasteiger partial charge in [-0.2, -0.15) is 5.26 Å². The van der Waals surface area contributed by atoms with Gasteiger partial charge >= 0.3 is 0 Å². The Morgan fingerprint density at radius 3 is 2.75 bits per heavy atom. The summed E-state index contributed by atoms with van der Waals surface area (Å²) in [6, 6.07) is 8.28. The van der Waals surface area contributed by atoms with Gasteiger partial charge in [-0.3, -0.25) is 4.90 Å². The summed E-state index contributed by atoms with van der Waals surface area (Å²) < 4.78 is 0. The summed E-state index contributed by atoms with van der Waals surface area (Å²) in [6.07, 6.45) is 0.567. The van der Waals surface area contributed by atoms with E-state index in [2.05, 4.69) is 30.0 Å². The smallest absolute Gasteiger partial charge is 0.0635 e. The number of hydrogen-bond donors (Lipinski definition) is 0. The largest absolute Gasteiger partial charge is 0.298 e. The molecule has 1 rings (SSSR count). The van der Waals surface area contributed by atoms with Crippen LogP contribution in [-0.2, 0) is 6.54 Å². The third kappa shape index (κ3) is 3.84. The Kier molecular flexibility index (Phi) is 5.31. The lowest BCUT2D eigenvalue weighted by molar-refractivity contribution is 0.287. The number of aryl methyl sites for hydroxylation is 1. The first-order chi connectivity index (χ1) is 7.67. The van der Waals surface area contributed by atoms with Gasteiger partial charge in [-0.1, -0.05) is 30.7 Å². The molecule has 16 heavy (non-hydrogen) atoms. The lowest BCUT2D eigenvalue weighted by atomic mass is 10.1. The zero-order valence-electron chi connectivity index (χ0n) is 9.83. The Morgan fingerprint density at radius 2 is 2.19 bits per heavy atom. The van der Waals surface area contributed by atoms with Crippen molar-refractivity contribution in [3.63, 3.8) is 0 Å². The number of nitriles is 1. The molecule has 1 aromatic carbocycles. The van der Waals surface area contributed by atoms with E-state index >= 15 is 0 Å². The topological polar surface area (TPSA) is 27.0 Å². The molecule has 3 heteroatoms. The summed E-state index contributed by atoms with van der Waals surface area (Å²) in [6.45, 7) is 6.68. The van der Waals surface area contributed by atoms with Gasteiger partial charge < -0.3 is 0 Å². The molecule has 0 bridgehead atoms. The highest BCUT2D eigenvalue weighted by atomic mass is 35.5. The van der Waals surface area contributed by atoms with Gasteiger partial charge in [-0.25, -0.2) is 0 Å². The van der Waals surface area contributed by atoms with Crippen molar-refractivity contribution in [3.8, 4) is 6.07 Å². The van der Waals surface area contributed by atoms with E-state index in [1.165, 1.54) is 5.56 Å². The third-order valence-electron chi connectivity index (χ3n) is 2.59. The number of halogens is 1. The third-order valence-corrected chi connectivity index (χ3v) is 2.94. The lowest BCUT2D eigenvalue weighted by Gasteiger charge is -2.19. The molecule has 0 fully saturated rings. The maximum atomic E-state index is 8.57. The van der Waals surface area contributed by atoms with Crippen molar-refractivity contribution < 1.29 is 0 Å². The second-order valence-electron chi connectivity index (χ2n) is 3.87. The van der Waals surface area contributed by atoms with Gasteiger partial charge in [-0.05, 0) is 30.7 Å². The summed E-state index contributed by atoms with van der Waals surface area (Å²) in [5.41, 5.74) is 2.31. The molecule has 0 aliphatic heterocycles. The molecular weight excluding hydrogens is 220 g/mol. The van der Waals surface area contributed by atoms with Crippen LogP contribution in [0.5, 0.6) is 0 Å². The minimum atomic E-state index is 0.567. The van der Waals surface area contributed by atoms with Crippen LogP contribution < -0.4 is 0 Å². The van der Waals surface area contributed by atoms with Crippen molar-refractivity contribution in [2.45, 2.75) is 26.8 Å². The average Bonchev–Trinajstić information content (AvgIpc) is 2.27. The fourth-order valence-electron chi connectivity index (χ4n) is 1.58. The second kappa shape index (κ2) is 6.52. The highest BCUT2D eigenvalue weighted by Crippen LogP contribution is 2.19. The predicted octanol–water partition coefficient (Wildman–Crippen LogP) is 3.38. The summed E-state index contributed by atoms with van der Waals surface area (Å²) in [7, 11) is 0. The normalized spacial score (nSPS) is 10.4. The van der Waals surface area contributed by atoms with E-state index in [4.69, 9.17) is 16.9 Å². The summed E-state index contributed by atoms with van der Waals surface area (Å²) in [5, 5.41) is 9.38. The highest BCUT2D eigenvalue weighted by molar-refractivity contribution is 6.31. The van der Waals surface area contributed by atoms with Gasteiger partial charge in [0.2, 0.25) is 0 Å². The van der Waals surface area contributed by atoms with Crippen LogP contribution in [0.1, 0.15) is 24.5 Å². The van der Waals surface area contributed by atoms with Gasteiger partial charge in [-0.15, -0.1) is 0 Å². The molecule has 1 aromatic rings. The van der Waals surface area contributed by atoms with Gasteiger partial charge in [0.1, 0.15) is 0 Å². The van der Waals surface area contributed by atoms with Crippen molar-refractivity contribution >= 4 is 11.6 Å². The molecule has 0 radical (unpaired) electrons. The van der Waals surface area contributed by atoms with E-state index in [0.717, 1.165) is 30.2 Å². The van der Waals surface area contributed by atoms with Gasteiger partial charge in [0.15, 0.2) is 0 Å². The molecule has 0 spiro atoms. The van der Waals surface area contributed by atoms with Crippen LogP contribution in [0.15, 0.2) is 18.2 Å². The quantitative estimate of drug-likeness (QED) is 0.784. The SMILES string of the molecule is CCN(CCC#N)Cc1ccc(C)cc1Cl. The van der Waals surface area contributed by atoms with Crippen molar-refractivity contribution in [1.82, 2.24) is 4.90 Å². The van der Waals surface area contributed by atoms with Crippen molar-refractivity contribution in [2.24, 2.45) is 0 Å². The lowest BCUT2D eigenvalue weighted by Crippen LogP contribution is -2.23. The first-order valence-corrected chi connectivity index (χ1v) is 5.89. The van der Waals surface area contributed by atoms with Gasteiger partial charge in [0.05, 0.1) is 6.07 Å². The first kappa shape index (κ1) is 13.0. The molecule has 0 atom stereocenters. The van der Waals surface area contributed by atoms with E-state index < -0.39 is 0 Å². The van der Waals surface area contributed by atoms with E-state index in [1.807, 2.05) is 13.0 Å². The monoisotopic (exact) mass is 236 g/mol. The molecule has 2 nitrogen and oxygen atoms in total. The second-order valence-corrected chi connectivity index (χ2v) is 4.28. The molecule has 0 amide bonds. The first-order valence-electron chi connectivity index (χ1n) is 5.51. The van der Waals surface area contributed by atoms with Crippen LogP contribution >= 0.6 is 11.6 Å². The maximum Gasteiger partial charge on any atom is 0.0635 e. The van der Waals surface area contributed by atoms with Crippen LogP contribution in [-0.4, -0.2) is 18.0 Å². The van der Waals surface area contributed by atoms with Crippen molar-refractivity contribution in [1.29, 1.82) is 5.26 Å². The molecule has 0 heterocycles. The fraction of sp³-hybridized carbons (Fsp3) is 0.462. The zero-order chi connectivity index (χ0) is 12.0. The fourth-order valence-corrected chi connectivity index (χ4v) is 1.87. The standard InChI is InChI=1S/C13H17ClN2/c1-3-16(8-4-7-15)10-12-6-5-11(2)9-13(12)14/h5-6,9H,3-4,8,10H2,1-2H3. The minimum Gasteiger partial charge on any atom is -0.298 e. The van der Waals surface area contributed by atoms with Crippen molar-refractivity contribution in [3.05, 3.63) is 34.3 Å². The average molecular weight is 237 g/mol. The molecule has 0 aliphatic carbocycles. The van der Waals surface area contributed by atoms with Crippen LogP contribution in [0.4, 0.5) is 0 Å². The number of rotatable bonds is 5. The molecular formula is C13H17ClN2. The molecule has 0 saturated carbocycles. The molecule has 0 aromatic heterocycles. The Balaban J connectivity index is 2.67. The zero-order valence-corrected chi connectivity index (χ0v) is 10.6. The Morgan fingerprint density at radius 1 is 1.44 bits per heavy atom. The van der Waals surface area contributed by atoms with Crippen molar-refractivity contribution in [2.75, 3.05) is 13.1 Å². The maximum absolute atomic E-state index is 8.57. The summed E-state index contributed by atoms with van der Waals surface area (Å²) in [5.74, 6) is 0. The molecule has 0 aliphatic rings. The molecule has 0 N–H and O–H groups in total. The van der Waals surface area contributed by atoms with Crippen LogP contribution in [0.3, 0.4) is 0 Å². The molecule has 86 valence electrons. The minimum absolute atomic E-state index is 0.567. The van der Waals surface area contributed by atoms with E-state index in [-0.39, 0.29) is 0 Å². The van der Waals surface area contributed by atoms with E-state index in [1.54, 1.807) is 0 Å². The Bertz CT molecular complexity index is 382. The predicted molar refractivity (Wildman–Crippen MR) is 67.4 cm³/mol. The van der Waals surface area contributed by atoms with E-state index in [9.17, 15) is 0 Å². The van der Waals surface area contributed by atoms with Crippen LogP contribution in [0.25, 0.3) is 0 Å².